The molecule has 2 amide bonds. The van der Waals surface area contributed by atoms with Crippen molar-refractivity contribution in [3.8, 4) is 5.75 Å². The van der Waals surface area contributed by atoms with Crippen molar-refractivity contribution in [2.24, 2.45) is 5.92 Å². The Labute approximate surface area is 164 Å². The van der Waals surface area contributed by atoms with Crippen LogP contribution in [0.4, 0.5) is 0 Å². The van der Waals surface area contributed by atoms with Crippen molar-refractivity contribution < 1.29 is 29.0 Å². The summed E-state index contributed by atoms with van der Waals surface area (Å²) in [6.07, 6.45) is 2.04. The number of carbonyl (C=O) groups is 3. The SMILES string of the molecule is CCOc1ccccc1C(=O)NCCCC(=O)NC(C(=O)O)C1CCCOC1. The number of benzene rings is 1. The first-order valence-corrected chi connectivity index (χ1v) is 9.62. The summed E-state index contributed by atoms with van der Waals surface area (Å²) in [4.78, 5) is 35.8. The largest absolute Gasteiger partial charge is 0.493 e. The van der Waals surface area contributed by atoms with E-state index in [2.05, 4.69) is 10.6 Å². The molecule has 1 heterocycles. The minimum absolute atomic E-state index is 0.130. The van der Waals surface area contributed by atoms with Gasteiger partial charge >= 0.3 is 5.97 Å². The molecule has 0 radical (unpaired) electrons. The first-order valence-electron chi connectivity index (χ1n) is 9.62. The number of ether oxygens (including phenoxy) is 2. The molecule has 1 aliphatic rings. The zero-order chi connectivity index (χ0) is 20.4. The van der Waals surface area contributed by atoms with Gasteiger partial charge in [-0.1, -0.05) is 12.1 Å². The number of hydrogen-bond acceptors (Lipinski definition) is 5. The number of rotatable bonds is 10. The Balaban J connectivity index is 1.75. The molecule has 0 aromatic heterocycles. The summed E-state index contributed by atoms with van der Waals surface area (Å²) in [6.45, 7) is 3.57. The second-order valence-corrected chi connectivity index (χ2v) is 6.65. The summed E-state index contributed by atoms with van der Waals surface area (Å²) in [5.74, 6) is -1.37. The molecular formula is C20H28N2O6. The van der Waals surface area contributed by atoms with Gasteiger partial charge in [-0.2, -0.15) is 0 Å². The van der Waals surface area contributed by atoms with Gasteiger partial charge in [-0.05, 0) is 38.3 Å². The highest BCUT2D eigenvalue weighted by Gasteiger charge is 2.31. The van der Waals surface area contributed by atoms with E-state index >= 15 is 0 Å². The van der Waals surface area contributed by atoms with Gasteiger partial charge in [0.2, 0.25) is 5.91 Å². The first kappa shape index (κ1) is 21.7. The lowest BCUT2D eigenvalue weighted by Gasteiger charge is -2.28. The van der Waals surface area contributed by atoms with E-state index in [1.807, 2.05) is 6.92 Å². The molecule has 1 aromatic rings. The molecule has 8 nitrogen and oxygen atoms in total. The van der Waals surface area contributed by atoms with E-state index in [-0.39, 0.29) is 24.2 Å². The highest BCUT2D eigenvalue weighted by atomic mass is 16.5. The molecule has 154 valence electrons. The van der Waals surface area contributed by atoms with Gasteiger partial charge in [0.15, 0.2) is 0 Å². The van der Waals surface area contributed by atoms with Crippen LogP contribution in [0.3, 0.4) is 0 Å². The molecule has 28 heavy (non-hydrogen) atoms. The van der Waals surface area contributed by atoms with Crippen LogP contribution in [0, 0.1) is 5.92 Å². The van der Waals surface area contributed by atoms with Crippen molar-refractivity contribution in [2.75, 3.05) is 26.4 Å². The maximum absolute atomic E-state index is 12.3. The Bertz CT molecular complexity index is 672. The first-order chi connectivity index (χ1) is 13.5. The molecule has 1 saturated heterocycles. The number of amides is 2. The summed E-state index contributed by atoms with van der Waals surface area (Å²) in [7, 11) is 0. The number of carboxylic acids is 1. The monoisotopic (exact) mass is 392 g/mol. The van der Waals surface area contributed by atoms with E-state index in [1.54, 1.807) is 24.3 Å². The molecule has 8 heteroatoms. The lowest BCUT2D eigenvalue weighted by atomic mass is 9.93. The molecular weight excluding hydrogens is 364 g/mol. The summed E-state index contributed by atoms with van der Waals surface area (Å²) in [6, 6.07) is 6.01. The number of hydrogen-bond donors (Lipinski definition) is 3. The standard InChI is InChI=1S/C20H28N2O6/c1-2-28-16-9-4-3-8-15(16)19(24)21-11-5-10-17(23)22-18(20(25)26)14-7-6-12-27-13-14/h3-4,8-9,14,18H,2,5-7,10-13H2,1H3,(H,21,24)(H,22,23)(H,25,26). The Kier molecular flexibility index (Phi) is 8.74. The smallest absolute Gasteiger partial charge is 0.326 e. The van der Waals surface area contributed by atoms with Crippen LogP contribution >= 0.6 is 0 Å². The Morgan fingerprint density at radius 2 is 2.11 bits per heavy atom. The molecule has 1 fully saturated rings. The van der Waals surface area contributed by atoms with Crippen LogP contribution in [0.2, 0.25) is 0 Å². The zero-order valence-electron chi connectivity index (χ0n) is 16.1. The molecule has 2 unspecified atom stereocenters. The van der Waals surface area contributed by atoms with Crippen LogP contribution in [0.25, 0.3) is 0 Å². The fourth-order valence-electron chi connectivity index (χ4n) is 3.14. The quantitative estimate of drug-likeness (QED) is 0.521. The number of nitrogens with one attached hydrogen (secondary N) is 2. The maximum Gasteiger partial charge on any atom is 0.326 e. The van der Waals surface area contributed by atoms with Gasteiger partial charge < -0.3 is 25.2 Å². The molecule has 1 aliphatic heterocycles. The van der Waals surface area contributed by atoms with Gasteiger partial charge in [0.05, 0.1) is 18.8 Å². The predicted octanol–water partition coefficient (Wildman–Crippen LogP) is 1.59. The summed E-state index contributed by atoms with van der Waals surface area (Å²) >= 11 is 0. The van der Waals surface area contributed by atoms with Crippen LogP contribution in [-0.4, -0.2) is 55.3 Å². The molecule has 0 saturated carbocycles. The van der Waals surface area contributed by atoms with Crippen molar-refractivity contribution in [2.45, 2.75) is 38.6 Å². The summed E-state index contributed by atoms with van der Waals surface area (Å²) in [5, 5.41) is 14.7. The van der Waals surface area contributed by atoms with Crippen LogP contribution in [0.15, 0.2) is 24.3 Å². The topological polar surface area (TPSA) is 114 Å². The second kappa shape index (κ2) is 11.3. The maximum atomic E-state index is 12.3. The lowest BCUT2D eigenvalue weighted by Crippen LogP contribution is -2.48. The number of para-hydroxylation sites is 1. The van der Waals surface area contributed by atoms with Crippen LogP contribution in [0.5, 0.6) is 5.75 Å². The van der Waals surface area contributed by atoms with Crippen molar-refractivity contribution in [1.82, 2.24) is 10.6 Å². The van der Waals surface area contributed by atoms with Crippen molar-refractivity contribution in [3.63, 3.8) is 0 Å². The average Bonchev–Trinajstić information content (AvgIpc) is 2.70. The Morgan fingerprint density at radius 3 is 2.79 bits per heavy atom. The molecule has 0 bridgehead atoms. The van der Waals surface area contributed by atoms with Crippen molar-refractivity contribution >= 4 is 17.8 Å². The fraction of sp³-hybridized carbons (Fsp3) is 0.550. The third-order valence-electron chi connectivity index (χ3n) is 4.55. The van der Waals surface area contributed by atoms with Gasteiger partial charge in [-0.25, -0.2) is 4.79 Å². The Morgan fingerprint density at radius 1 is 1.32 bits per heavy atom. The number of aliphatic carboxylic acids is 1. The fourth-order valence-corrected chi connectivity index (χ4v) is 3.14. The number of carbonyl (C=O) groups excluding carboxylic acids is 2. The lowest BCUT2D eigenvalue weighted by molar-refractivity contribution is -0.145. The highest BCUT2D eigenvalue weighted by Crippen LogP contribution is 2.19. The third-order valence-corrected chi connectivity index (χ3v) is 4.55. The molecule has 2 atom stereocenters. The van der Waals surface area contributed by atoms with E-state index in [0.29, 0.717) is 50.5 Å². The normalized spacial score (nSPS) is 17.4. The van der Waals surface area contributed by atoms with Gasteiger partial charge in [0.1, 0.15) is 11.8 Å². The Hall–Kier alpha value is -2.61. The van der Waals surface area contributed by atoms with E-state index in [4.69, 9.17) is 9.47 Å². The second-order valence-electron chi connectivity index (χ2n) is 6.65. The summed E-state index contributed by atoms with van der Waals surface area (Å²) < 4.78 is 10.8. The third kappa shape index (κ3) is 6.53. The predicted molar refractivity (Wildman–Crippen MR) is 102 cm³/mol. The summed E-state index contributed by atoms with van der Waals surface area (Å²) in [5.41, 5.74) is 0.442. The number of carboxylic acid groups (broad SMARTS) is 1. The van der Waals surface area contributed by atoms with E-state index in [0.717, 1.165) is 6.42 Å². The van der Waals surface area contributed by atoms with Crippen molar-refractivity contribution in [1.29, 1.82) is 0 Å². The average molecular weight is 392 g/mol. The van der Waals surface area contributed by atoms with E-state index < -0.39 is 12.0 Å². The van der Waals surface area contributed by atoms with Gasteiger partial charge in [-0.15, -0.1) is 0 Å². The van der Waals surface area contributed by atoms with Crippen LogP contribution in [-0.2, 0) is 14.3 Å². The molecule has 3 N–H and O–H groups in total. The van der Waals surface area contributed by atoms with Crippen molar-refractivity contribution in [3.05, 3.63) is 29.8 Å². The van der Waals surface area contributed by atoms with Gasteiger partial charge in [0.25, 0.3) is 5.91 Å². The molecule has 2 rings (SSSR count). The molecule has 0 aliphatic carbocycles. The van der Waals surface area contributed by atoms with Gasteiger partial charge in [-0.3, -0.25) is 9.59 Å². The van der Waals surface area contributed by atoms with E-state index in [9.17, 15) is 19.5 Å². The zero-order valence-corrected chi connectivity index (χ0v) is 16.1. The van der Waals surface area contributed by atoms with Gasteiger partial charge in [0, 0.05) is 25.5 Å². The minimum atomic E-state index is -1.05. The van der Waals surface area contributed by atoms with E-state index in [1.165, 1.54) is 0 Å². The highest BCUT2D eigenvalue weighted by molar-refractivity contribution is 5.96. The molecule has 0 spiro atoms. The molecule has 1 aromatic carbocycles. The minimum Gasteiger partial charge on any atom is -0.493 e. The van der Waals surface area contributed by atoms with Crippen LogP contribution in [0.1, 0.15) is 43.0 Å². The van der Waals surface area contributed by atoms with Crippen LogP contribution < -0.4 is 15.4 Å².